The van der Waals surface area contributed by atoms with Gasteiger partial charge in [0.2, 0.25) is 0 Å². The van der Waals surface area contributed by atoms with E-state index in [1.165, 1.54) is 6.07 Å². The van der Waals surface area contributed by atoms with E-state index in [0.29, 0.717) is 21.6 Å². The van der Waals surface area contributed by atoms with Crippen LogP contribution in [0.2, 0.25) is 5.02 Å². The van der Waals surface area contributed by atoms with Crippen molar-refractivity contribution in [3.05, 3.63) is 81.2 Å². The predicted octanol–water partition coefficient (Wildman–Crippen LogP) is 3.23. The van der Waals surface area contributed by atoms with Gasteiger partial charge in [0.05, 0.1) is 11.6 Å². The maximum absolute atomic E-state index is 12.1. The Bertz CT molecular complexity index is 1030. The van der Waals surface area contributed by atoms with E-state index >= 15 is 0 Å². The van der Waals surface area contributed by atoms with E-state index in [1.807, 2.05) is 12.1 Å². The number of para-hydroxylation sites is 1. The van der Waals surface area contributed by atoms with Crippen molar-refractivity contribution in [2.24, 2.45) is 0 Å². The van der Waals surface area contributed by atoms with E-state index in [1.54, 1.807) is 36.4 Å². The Labute approximate surface area is 143 Å². The van der Waals surface area contributed by atoms with E-state index in [-0.39, 0.29) is 12.1 Å². The van der Waals surface area contributed by atoms with Gasteiger partial charge in [-0.1, -0.05) is 53.8 Å². The summed E-state index contributed by atoms with van der Waals surface area (Å²) in [6, 6.07) is 15.7. The summed E-state index contributed by atoms with van der Waals surface area (Å²) < 4.78 is 5.14. The number of hydrogen-bond donors (Lipinski definition) is 1. The van der Waals surface area contributed by atoms with Crippen molar-refractivity contribution in [1.82, 2.24) is 5.32 Å². The van der Waals surface area contributed by atoms with Crippen LogP contribution in [0.15, 0.2) is 63.8 Å². The monoisotopic (exact) mass is 337 g/mol. The first-order chi connectivity index (χ1) is 11.6. The smallest absolute Gasteiger partial charge is 0.349 e. The van der Waals surface area contributed by atoms with Crippen LogP contribution in [0.1, 0.15) is 15.9 Å². The molecular formula is C19H12ClNO3. The molecular weight excluding hydrogens is 326 g/mol. The summed E-state index contributed by atoms with van der Waals surface area (Å²) in [5, 5.41) is 3.81. The molecule has 5 heteroatoms. The van der Waals surface area contributed by atoms with Gasteiger partial charge in [0.25, 0.3) is 5.91 Å². The van der Waals surface area contributed by atoms with Gasteiger partial charge in [-0.05, 0) is 24.3 Å². The second-order valence-electron chi connectivity index (χ2n) is 4.95. The second kappa shape index (κ2) is 7.03. The summed E-state index contributed by atoms with van der Waals surface area (Å²) in [7, 11) is 0. The third-order valence-corrected chi connectivity index (χ3v) is 3.65. The Morgan fingerprint density at radius 1 is 1.12 bits per heavy atom. The molecule has 0 aliphatic heterocycles. The summed E-state index contributed by atoms with van der Waals surface area (Å²) in [4.78, 5) is 24.0. The van der Waals surface area contributed by atoms with Crippen molar-refractivity contribution in [2.75, 3.05) is 6.54 Å². The van der Waals surface area contributed by atoms with Crippen molar-refractivity contribution < 1.29 is 9.21 Å². The van der Waals surface area contributed by atoms with Gasteiger partial charge in [-0.3, -0.25) is 4.79 Å². The van der Waals surface area contributed by atoms with Crippen molar-refractivity contribution >= 4 is 28.5 Å². The largest absolute Gasteiger partial charge is 0.422 e. The molecule has 1 N–H and O–H groups in total. The topological polar surface area (TPSA) is 59.3 Å². The lowest BCUT2D eigenvalue weighted by atomic mass is 10.2. The van der Waals surface area contributed by atoms with E-state index in [4.69, 9.17) is 16.0 Å². The highest BCUT2D eigenvalue weighted by molar-refractivity contribution is 6.31. The summed E-state index contributed by atoms with van der Waals surface area (Å²) >= 11 is 5.99. The van der Waals surface area contributed by atoms with Crippen LogP contribution in [0, 0.1) is 11.8 Å². The first-order valence-electron chi connectivity index (χ1n) is 7.19. The summed E-state index contributed by atoms with van der Waals surface area (Å²) in [5.41, 5.74) is 0.398. The van der Waals surface area contributed by atoms with E-state index in [2.05, 4.69) is 17.2 Å². The predicted molar refractivity (Wildman–Crippen MR) is 93.1 cm³/mol. The van der Waals surface area contributed by atoms with Crippen LogP contribution >= 0.6 is 11.6 Å². The maximum atomic E-state index is 12.1. The van der Waals surface area contributed by atoms with Gasteiger partial charge >= 0.3 is 5.63 Å². The highest BCUT2D eigenvalue weighted by Gasteiger charge is 2.12. The number of carbonyl (C=O) groups is 1. The number of carbonyl (C=O) groups excluding carboxylic acids is 1. The third-order valence-electron chi connectivity index (χ3n) is 3.32. The third kappa shape index (κ3) is 3.48. The number of hydrogen-bond acceptors (Lipinski definition) is 3. The number of rotatable bonds is 2. The molecule has 0 aliphatic rings. The van der Waals surface area contributed by atoms with Crippen molar-refractivity contribution in [3.63, 3.8) is 0 Å². The SMILES string of the molecule is O=C(NCC#Cc1ccccc1Cl)c1cc2ccccc2oc1=O. The van der Waals surface area contributed by atoms with E-state index in [9.17, 15) is 9.59 Å². The Balaban J connectivity index is 1.73. The zero-order chi connectivity index (χ0) is 16.9. The molecule has 118 valence electrons. The van der Waals surface area contributed by atoms with Crippen LogP contribution in [0.4, 0.5) is 0 Å². The summed E-state index contributed by atoms with van der Waals surface area (Å²) in [6.45, 7) is 0.0936. The molecule has 1 amide bonds. The van der Waals surface area contributed by atoms with Crippen LogP contribution in [0.5, 0.6) is 0 Å². The van der Waals surface area contributed by atoms with Crippen LogP contribution in [-0.4, -0.2) is 12.5 Å². The van der Waals surface area contributed by atoms with Gasteiger partial charge in [-0.15, -0.1) is 0 Å². The Kier molecular flexibility index (Phi) is 4.64. The number of halogens is 1. The molecule has 1 heterocycles. The van der Waals surface area contributed by atoms with Crippen LogP contribution < -0.4 is 10.9 Å². The fourth-order valence-electron chi connectivity index (χ4n) is 2.14. The lowest BCUT2D eigenvalue weighted by Crippen LogP contribution is -2.28. The number of amides is 1. The summed E-state index contributed by atoms with van der Waals surface area (Å²) in [6.07, 6.45) is 0. The molecule has 0 saturated heterocycles. The molecule has 0 saturated carbocycles. The number of benzene rings is 2. The zero-order valence-corrected chi connectivity index (χ0v) is 13.3. The minimum atomic E-state index is -0.676. The molecule has 1 aromatic heterocycles. The highest BCUT2D eigenvalue weighted by Crippen LogP contribution is 2.13. The van der Waals surface area contributed by atoms with Gasteiger partial charge in [-0.25, -0.2) is 4.79 Å². The second-order valence-corrected chi connectivity index (χ2v) is 5.36. The Morgan fingerprint density at radius 2 is 1.88 bits per heavy atom. The minimum Gasteiger partial charge on any atom is -0.422 e. The minimum absolute atomic E-state index is 0.0479. The molecule has 4 nitrogen and oxygen atoms in total. The first-order valence-corrected chi connectivity index (χ1v) is 7.57. The molecule has 3 rings (SSSR count). The Morgan fingerprint density at radius 3 is 2.71 bits per heavy atom. The highest BCUT2D eigenvalue weighted by atomic mass is 35.5. The average molecular weight is 338 g/mol. The molecule has 0 bridgehead atoms. The molecule has 0 spiro atoms. The van der Waals surface area contributed by atoms with Gasteiger partial charge in [0.15, 0.2) is 0 Å². The van der Waals surface area contributed by atoms with Gasteiger partial charge in [0.1, 0.15) is 11.1 Å². The molecule has 3 aromatic rings. The van der Waals surface area contributed by atoms with Gasteiger partial charge in [-0.2, -0.15) is 0 Å². The molecule has 2 aromatic carbocycles. The lowest BCUT2D eigenvalue weighted by molar-refractivity contribution is 0.0955. The first kappa shape index (κ1) is 15.9. The van der Waals surface area contributed by atoms with Crippen LogP contribution in [0.3, 0.4) is 0 Å². The summed E-state index contributed by atoms with van der Waals surface area (Å²) in [5.74, 6) is 5.14. The van der Waals surface area contributed by atoms with Gasteiger partial charge < -0.3 is 9.73 Å². The standard InChI is InChI=1S/C19H12ClNO3/c20-16-9-3-1-6-13(16)8-5-11-21-18(22)15-12-14-7-2-4-10-17(14)24-19(15)23/h1-4,6-7,9-10,12H,11H2,(H,21,22). The zero-order valence-electron chi connectivity index (χ0n) is 12.5. The maximum Gasteiger partial charge on any atom is 0.349 e. The van der Waals surface area contributed by atoms with Crippen molar-refractivity contribution in [3.8, 4) is 11.8 Å². The Hall–Kier alpha value is -3.03. The molecule has 0 fully saturated rings. The molecule has 0 aliphatic carbocycles. The van der Waals surface area contributed by atoms with E-state index in [0.717, 1.165) is 0 Å². The molecule has 0 unspecified atom stereocenters. The van der Waals surface area contributed by atoms with Gasteiger partial charge in [0, 0.05) is 10.9 Å². The molecule has 0 radical (unpaired) electrons. The quantitative estimate of drug-likeness (QED) is 0.577. The average Bonchev–Trinajstić information content (AvgIpc) is 2.59. The lowest BCUT2D eigenvalue weighted by Gasteiger charge is -2.02. The normalized spacial score (nSPS) is 10.0. The fourth-order valence-corrected chi connectivity index (χ4v) is 2.32. The molecule has 24 heavy (non-hydrogen) atoms. The van der Waals surface area contributed by atoms with Crippen LogP contribution in [0.25, 0.3) is 11.0 Å². The van der Waals surface area contributed by atoms with Crippen molar-refractivity contribution in [1.29, 1.82) is 0 Å². The molecule has 0 atom stereocenters. The fraction of sp³-hybridized carbons (Fsp3) is 0.0526. The van der Waals surface area contributed by atoms with Crippen molar-refractivity contribution in [2.45, 2.75) is 0 Å². The number of fused-ring (bicyclic) bond motifs is 1. The number of nitrogens with one attached hydrogen (secondary N) is 1. The van der Waals surface area contributed by atoms with Crippen LogP contribution in [-0.2, 0) is 0 Å². The van der Waals surface area contributed by atoms with E-state index < -0.39 is 11.5 Å².